The van der Waals surface area contributed by atoms with Crippen LogP contribution >= 0.6 is 15.9 Å². The lowest BCUT2D eigenvalue weighted by Gasteiger charge is -2.34. The van der Waals surface area contributed by atoms with E-state index in [1.807, 2.05) is 0 Å². The molecule has 1 aromatic rings. The minimum absolute atomic E-state index is 0.134. The SMILES string of the molecule is CC(C)(C)OC(=O)N1CCO[C@@H](CCC(=O)c2c(F)cc(Br)c(F)c2F)C1. The molecule has 1 saturated heterocycles. The van der Waals surface area contributed by atoms with Gasteiger partial charge in [0.05, 0.1) is 29.3 Å². The lowest BCUT2D eigenvalue weighted by molar-refractivity contribution is -0.0443. The first kappa shape index (κ1) is 21.7. The third kappa shape index (κ3) is 5.68. The molecule has 0 bridgehead atoms. The Morgan fingerprint density at radius 2 is 1.96 bits per heavy atom. The van der Waals surface area contributed by atoms with Gasteiger partial charge in [-0.05, 0) is 49.2 Å². The minimum atomic E-state index is -1.52. The van der Waals surface area contributed by atoms with E-state index in [9.17, 15) is 22.8 Å². The molecule has 0 saturated carbocycles. The van der Waals surface area contributed by atoms with Gasteiger partial charge in [-0.25, -0.2) is 18.0 Å². The predicted octanol–water partition coefficient (Wildman–Crippen LogP) is 4.47. The molecule has 0 aromatic heterocycles. The molecule has 5 nitrogen and oxygen atoms in total. The summed E-state index contributed by atoms with van der Waals surface area (Å²) < 4.78 is 51.8. The van der Waals surface area contributed by atoms with Crippen LogP contribution in [0.15, 0.2) is 10.5 Å². The Morgan fingerprint density at radius 1 is 1.30 bits per heavy atom. The van der Waals surface area contributed by atoms with Crippen LogP contribution in [0.4, 0.5) is 18.0 Å². The second-order valence-electron chi connectivity index (χ2n) is 7.22. The highest BCUT2D eigenvalue weighted by atomic mass is 79.9. The number of nitrogens with zero attached hydrogens (tertiary/aromatic N) is 1. The normalized spacial score (nSPS) is 17.7. The van der Waals surface area contributed by atoms with Gasteiger partial charge in [-0.3, -0.25) is 4.79 Å². The van der Waals surface area contributed by atoms with Crippen LogP contribution in [-0.2, 0) is 9.47 Å². The quantitative estimate of drug-likeness (QED) is 0.385. The summed E-state index contributed by atoms with van der Waals surface area (Å²) in [7, 11) is 0. The number of hydrogen-bond acceptors (Lipinski definition) is 4. The van der Waals surface area contributed by atoms with E-state index < -0.39 is 51.1 Å². The number of rotatable bonds is 4. The summed E-state index contributed by atoms with van der Waals surface area (Å²) in [5.41, 5.74) is -1.54. The Hall–Kier alpha value is -1.61. The molecule has 1 fully saturated rings. The van der Waals surface area contributed by atoms with Gasteiger partial charge in [-0.15, -0.1) is 0 Å². The number of carbonyl (C=O) groups is 2. The van der Waals surface area contributed by atoms with E-state index in [4.69, 9.17) is 9.47 Å². The number of benzene rings is 1. The number of ketones is 1. The van der Waals surface area contributed by atoms with Crippen LogP contribution in [0.25, 0.3) is 0 Å². The fourth-order valence-corrected chi connectivity index (χ4v) is 3.00. The van der Waals surface area contributed by atoms with Crippen molar-refractivity contribution in [2.24, 2.45) is 0 Å². The summed E-state index contributed by atoms with van der Waals surface area (Å²) in [5.74, 6) is -4.84. The van der Waals surface area contributed by atoms with E-state index in [1.165, 1.54) is 4.90 Å². The van der Waals surface area contributed by atoms with E-state index in [1.54, 1.807) is 20.8 Å². The fraction of sp³-hybridized carbons (Fsp3) is 0.556. The summed E-state index contributed by atoms with van der Waals surface area (Å²) >= 11 is 2.69. The van der Waals surface area contributed by atoms with Crippen molar-refractivity contribution in [3.05, 3.63) is 33.6 Å². The third-order valence-corrected chi connectivity index (χ3v) is 4.45. The van der Waals surface area contributed by atoms with E-state index in [2.05, 4.69) is 15.9 Å². The summed E-state index contributed by atoms with van der Waals surface area (Å²) in [6, 6.07) is 0.715. The van der Waals surface area contributed by atoms with Crippen molar-refractivity contribution in [2.75, 3.05) is 19.7 Å². The van der Waals surface area contributed by atoms with Gasteiger partial charge < -0.3 is 14.4 Å². The van der Waals surface area contributed by atoms with Crippen LogP contribution in [0.3, 0.4) is 0 Å². The van der Waals surface area contributed by atoms with Gasteiger partial charge in [0, 0.05) is 13.0 Å². The molecule has 1 amide bonds. The van der Waals surface area contributed by atoms with Crippen molar-refractivity contribution in [1.29, 1.82) is 0 Å². The molecular weight excluding hydrogens is 431 g/mol. The second kappa shape index (κ2) is 8.60. The van der Waals surface area contributed by atoms with Crippen LogP contribution in [0.1, 0.15) is 44.0 Å². The average Bonchev–Trinajstić information content (AvgIpc) is 2.57. The minimum Gasteiger partial charge on any atom is -0.444 e. The molecule has 0 radical (unpaired) electrons. The molecule has 1 aliphatic heterocycles. The van der Waals surface area contributed by atoms with E-state index in [0.717, 1.165) is 0 Å². The monoisotopic (exact) mass is 451 g/mol. The van der Waals surface area contributed by atoms with Gasteiger partial charge in [0.25, 0.3) is 0 Å². The van der Waals surface area contributed by atoms with Crippen molar-refractivity contribution >= 4 is 27.8 Å². The topological polar surface area (TPSA) is 55.8 Å². The second-order valence-corrected chi connectivity index (χ2v) is 8.08. The number of hydrogen-bond donors (Lipinski definition) is 0. The van der Waals surface area contributed by atoms with Gasteiger partial charge in [0.15, 0.2) is 17.4 Å². The maximum absolute atomic E-state index is 13.9. The maximum atomic E-state index is 13.9. The van der Waals surface area contributed by atoms with Crippen molar-refractivity contribution in [2.45, 2.75) is 45.3 Å². The third-order valence-electron chi connectivity index (χ3n) is 3.88. The number of morpholine rings is 1. The van der Waals surface area contributed by atoms with E-state index >= 15 is 0 Å². The van der Waals surface area contributed by atoms with Crippen LogP contribution in [-0.4, -0.2) is 48.2 Å². The van der Waals surface area contributed by atoms with Crippen LogP contribution in [0, 0.1) is 17.5 Å². The fourth-order valence-electron chi connectivity index (χ4n) is 2.63. The van der Waals surface area contributed by atoms with Gasteiger partial charge >= 0.3 is 6.09 Å². The molecule has 0 spiro atoms. The standard InChI is InChI=1S/C18H21BrF3NO4/c1-18(2,3)27-17(25)23-6-7-26-10(9-23)4-5-13(24)14-12(20)8-11(19)15(21)16(14)22/h8,10H,4-7,9H2,1-3H3/t10-/m0/s1. The van der Waals surface area contributed by atoms with Crippen LogP contribution < -0.4 is 0 Å². The van der Waals surface area contributed by atoms with Crippen molar-refractivity contribution in [3.63, 3.8) is 0 Å². The predicted molar refractivity (Wildman–Crippen MR) is 95.1 cm³/mol. The zero-order valence-electron chi connectivity index (χ0n) is 15.3. The highest BCUT2D eigenvalue weighted by Crippen LogP contribution is 2.26. The molecular formula is C18H21BrF3NO4. The van der Waals surface area contributed by atoms with Crippen molar-refractivity contribution in [1.82, 2.24) is 4.90 Å². The first-order valence-corrected chi connectivity index (χ1v) is 9.24. The molecule has 1 atom stereocenters. The van der Waals surface area contributed by atoms with Gasteiger partial charge in [-0.1, -0.05) is 0 Å². The summed E-state index contributed by atoms with van der Waals surface area (Å²) in [6.07, 6.45) is -1.09. The highest BCUT2D eigenvalue weighted by molar-refractivity contribution is 9.10. The lowest BCUT2D eigenvalue weighted by Crippen LogP contribution is -2.47. The number of carbonyl (C=O) groups excluding carboxylic acids is 2. The molecule has 2 rings (SSSR count). The molecule has 9 heteroatoms. The van der Waals surface area contributed by atoms with Gasteiger partial charge in [0.2, 0.25) is 0 Å². The molecule has 0 aliphatic carbocycles. The largest absolute Gasteiger partial charge is 0.444 e. The Bertz CT molecular complexity index is 736. The summed E-state index contributed by atoms with van der Waals surface area (Å²) in [5, 5.41) is 0. The first-order chi connectivity index (χ1) is 12.5. The number of halogens is 4. The maximum Gasteiger partial charge on any atom is 0.410 e. The Balaban J connectivity index is 1.98. The molecule has 27 heavy (non-hydrogen) atoms. The zero-order valence-corrected chi connectivity index (χ0v) is 16.9. The zero-order chi connectivity index (χ0) is 20.4. The summed E-state index contributed by atoms with van der Waals surface area (Å²) in [4.78, 5) is 25.7. The lowest BCUT2D eigenvalue weighted by atomic mass is 10.0. The molecule has 150 valence electrons. The summed E-state index contributed by atoms with van der Waals surface area (Å²) in [6.45, 7) is 6.06. The molecule has 0 N–H and O–H groups in total. The number of ether oxygens (including phenoxy) is 2. The van der Waals surface area contributed by atoms with Gasteiger partial charge in [-0.2, -0.15) is 0 Å². The smallest absolute Gasteiger partial charge is 0.410 e. The van der Waals surface area contributed by atoms with E-state index in [-0.39, 0.29) is 26.0 Å². The van der Waals surface area contributed by atoms with Gasteiger partial charge in [0.1, 0.15) is 11.4 Å². The van der Waals surface area contributed by atoms with Crippen LogP contribution in [0.5, 0.6) is 0 Å². The molecule has 1 aromatic carbocycles. The Kier molecular flexibility index (Phi) is 6.91. The Morgan fingerprint density at radius 3 is 2.59 bits per heavy atom. The molecule has 1 heterocycles. The average molecular weight is 452 g/mol. The van der Waals surface area contributed by atoms with Crippen molar-refractivity contribution in [3.8, 4) is 0 Å². The molecule has 0 unspecified atom stereocenters. The molecule has 1 aliphatic rings. The highest BCUT2D eigenvalue weighted by Gasteiger charge is 2.29. The number of amides is 1. The number of Topliss-reactive ketones (excluding diaryl/α,β-unsaturated/α-hetero) is 1. The van der Waals surface area contributed by atoms with Crippen LogP contribution in [0.2, 0.25) is 0 Å². The first-order valence-electron chi connectivity index (χ1n) is 8.45. The van der Waals surface area contributed by atoms with E-state index in [0.29, 0.717) is 12.6 Å². The Labute approximate surface area is 163 Å². The van der Waals surface area contributed by atoms with Crippen molar-refractivity contribution < 1.29 is 32.2 Å².